The standard InChI is InChI=1S/C14H23N3O2S/c1-12-5-4-6-13(9-12)11-16-20(18,19)17-8-3-2-7-14(17)10-15/h4-6,9,14,16H,2-3,7-8,10-11,15H2,1H3. The van der Waals surface area contributed by atoms with Gasteiger partial charge in [-0.2, -0.15) is 17.4 Å². The Hall–Kier alpha value is -0.950. The molecule has 0 amide bonds. The normalized spacial score (nSPS) is 21.0. The molecule has 3 N–H and O–H groups in total. The second kappa shape index (κ2) is 6.67. The van der Waals surface area contributed by atoms with E-state index in [1.54, 1.807) is 0 Å². The van der Waals surface area contributed by atoms with Gasteiger partial charge in [0.25, 0.3) is 10.2 Å². The maximum absolute atomic E-state index is 12.4. The molecule has 2 rings (SSSR count). The van der Waals surface area contributed by atoms with E-state index in [2.05, 4.69) is 4.72 Å². The van der Waals surface area contributed by atoms with Crippen LogP contribution in [-0.2, 0) is 16.8 Å². The number of hydrogen-bond acceptors (Lipinski definition) is 3. The van der Waals surface area contributed by atoms with Crippen LogP contribution in [-0.4, -0.2) is 31.9 Å². The molecule has 1 heterocycles. The van der Waals surface area contributed by atoms with Gasteiger partial charge in [-0.15, -0.1) is 0 Å². The number of nitrogens with one attached hydrogen (secondary N) is 1. The Morgan fingerprint density at radius 2 is 2.20 bits per heavy atom. The first-order chi connectivity index (χ1) is 9.53. The van der Waals surface area contributed by atoms with E-state index in [1.165, 1.54) is 4.31 Å². The highest BCUT2D eigenvalue weighted by atomic mass is 32.2. The molecule has 0 radical (unpaired) electrons. The fourth-order valence-electron chi connectivity index (χ4n) is 2.61. The second-order valence-electron chi connectivity index (χ2n) is 5.31. The number of nitrogens with zero attached hydrogens (tertiary/aromatic N) is 1. The summed E-state index contributed by atoms with van der Waals surface area (Å²) in [5, 5.41) is 0. The molecule has 1 unspecified atom stereocenters. The maximum atomic E-state index is 12.4. The predicted molar refractivity (Wildman–Crippen MR) is 80.3 cm³/mol. The molecular weight excluding hydrogens is 274 g/mol. The van der Waals surface area contributed by atoms with Crippen LogP contribution in [0.4, 0.5) is 0 Å². The zero-order valence-corrected chi connectivity index (χ0v) is 12.7. The molecule has 1 fully saturated rings. The molecule has 20 heavy (non-hydrogen) atoms. The van der Waals surface area contributed by atoms with Gasteiger partial charge in [-0.1, -0.05) is 36.2 Å². The zero-order valence-electron chi connectivity index (χ0n) is 11.9. The van der Waals surface area contributed by atoms with Crippen molar-refractivity contribution in [3.63, 3.8) is 0 Å². The highest BCUT2D eigenvalue weighted by Crippen LogP contribution is 2.19. The van der Waals surface area contributed by atoms with Gasteiger partial charge in [0.1, 0.15) is 0 Å². The van der Waals surface area contributed by atoms with E-state index in [9.17, 15) is 8.42 Å². The largest absolute Gasteiger partial charge is 0.329 e. The van der Waals surface area contributed by atoms with Gasteiger partial charge in [-0.3, -0.25) is 0 Å². The summed E-state index contributed by atoms with van der Waals surface area (Å²) < 4.78 is 28.9. The van der Waals surface area contributed by atoms with Crippen LogP contribution >= 0.6 is 0 Å². The van der Waals surface area contributed by atoms with E-state index < -0.39 is 10.2 Å². The van der Waals surface area contributed by atoms with Crippen LogP contribution in [0.1, 0.15) is 30.4 Å². The van der Waals surface area contributed by atoms with E-state index >= 15 is 0 Å². The van der Waals surface area contributed by atoms with E-state index in [0.717, 1.165) is 30.4 Å². The van der Waals surface area contributed by atoms with E-state index in [0.29, 0.717) is 19.6 Å². The Kier molecular flexibility index (Phi) is 5.15. The van der Waals surface area contributed by atoms with Crippen LogP contribution < -0.4 is 10.5 Å². The molecule has 0 spiro atoms. The highest BCUT2D eigenvalue weighted by molar-refractivity contribution is 7.87. The zero-order chi connectivity index (χ0) is 14.6. The third-order valence-corrected chi connectivity index (χ3v) is 5.30. The molecule has 1 atom stereocenters. The number of rotatable bonds is 5. The minimum atomic E-state index is -3.45. The van der Waals surface area contributed by atoms with Crippen molar-refractivity contribution < 1.29 is 8.42 Å². The maximum Gasteiger partial charge on any atom is 0.280 e. The molecule has 0 saturated carbocycles. The molecule has 0 aliphatic carbocycles. The Labute approximate surface area is 121 Å². The van der Waals surface area contributed by atoms with Crippen molar-refractivity contribution in [3.05, 3.63) is 35.4 Å². The SMILES string of the molecule is Cc1cccc(CNS(=O)(=O)N2CCCCC2CN)c1. The van der Waals surface area contributed by atoms with Crippen molar-refractivity contribution in [2.45, 2.75) is 38.8 Å². The molecule has 1 aliphatic heterocycles. The smallest absolute Gasteiger partial charge is 0.280 e. The molecular formula is C14H23N3O2S. The molecule has 0 aromatic heterocycles. The van der Waals surface area contributed by atoms with Crippen molar-refractivity contribution in [1.29, 1.82) is 0 Å². The number of aryl methyl sites for hydroxylation is 1. The lowest BCUT2D eigenvalue weighted by atomic mass is 10.1. The highest BCUT2D eigenvalue weighted by Gasteiger charge is 2.30. The van der Waals surface area contributed by atoms with Gasteiger partial charge in [0.2, 0.25) is 0 Å². The Balaban J connectivity index is 2.03. The van der Waals surface area contributed by atoms with Gasteiger partial charge in [-0.05, 0) is 25.3 Å². The Bertz CT molecular complexity index is 545. The third kappa shape index (κ3) is 3.79. The summed E-state index contributed by atoms with van der Waals surface area (Å²) in [6, 6.07) is 7.76. The molecule has 5 nitrogen and oxygen atoms in total. The fraction of sp³-hybridized carbons (Fsp3) is 0.571. The summed E-state index contributed by atoms with van der Waals surface area (Å²) in [7, 11) is -3.45. The van der Waals surface area contributed by atoms with Crippen LogP contribution in [0.2, 0.25) is 0 Å². The average Bonchev–Trinajstić information content (AvgIpc) is 2.45. The minimum Gasteiger partial charge on any atom is -0.329 e. The predicted octanol–water partition coefficient (Wildman–Crippen LogP) is 1.14. The Morgan fingerprint density at radius 3 is 2.90 bits per heavy atom. The summed E-state index contributed by atoms with van der Waals surface area (Å²) in [5.74, 6) is 0. The van der Waals surface area contributed by atoms with Gasteiger partial charge in [-0.25, -0.2) is 0 Å². The first kappa shape index (κ1) is 15.4. The van der Waals surface area contributed by atoms with Crippen molar-refractivity contribution in [2.75, 3.05) is 13.1 Å². The van der Waals surface area contributed by atoms with Crippen LogP contribution in [0.3, 0.4) is 0 Å². The molecule has 1 saturated heterocycles. The lowest BCUT2D eigenvalue weighted by molar-refractivity contribution is 0.254. The second-order valence-corrected chi connectivity index (χ2v) is 7.02. The van der Waals surface area contributed by atoms with Crippen molar-refractivity contribution in [3.8, 4) is 0 Å². The van der Waals surface area contributed by atoms with Crippen LogP contribution in [0.25, 0.3) is 0 Å². The first-order valence-corrected chi connectivity index (χ1v) is 8.49. The first-order valence-electron chi connectivity index (χ1n) is 7.05. The Morgan fingerprint density at radius 1 is 1.40 bits per heavy atom. The quantitative estimate of drug-likeness (QED) is 0.856. The summed E-state index contributed by atoms with van der Waals surface area (Å²) in [5.41, 5.74) is 7.78. The number of piperidine rings is 1. The number of nitrogens with two attached hydrogens (primary N) is 1. The summed E-state index contributed by atoms with van der Waals surface area (Å²) in [6.07, 6.45) is 2.80. The monoisotopic (exact) mass is 297 g/mol. The summed E-state index contributed by atoms with van der Waals surface area (Å²) >= 11 is 0. The van der Waals surface area contributed by atoms with Gasteiger partial charge < -0.3 is 5.73 Å². The van der Waals surface area contributed by atoms with Gasteiger partial charge in [0.05, 0.1) is 0 Å². The van der Waals surface area contributed by atoms with Gasteiger partial charge >= 0.3 is 0 Å². The third-order valence-electron chi connectivity index (χ3n) is 3.70. The topological polar surface area (TPSA) is 75.4 Å². The molecule has 112 valence electrons. The lowest BCUT2D eigenvalue weighted by Gasteiger charge is -2.33. The van der Waals surface area contributed by atoms with Gasteiger partial charge in [0, 0.05) is 25.7 Å². The minimum absolute atomic E-state index is 0.0706. The lowest BCUT2D eigenvalue weighted by Crippen LogP contribution is -2.51. The van der Waals surface area contributed by atoms with Crippen LogP contribution in [0, 0.1) is 6.92 Å². The summed E-state index contributed by atoms with van der Waals surface area (Å²) in [6.45, 7) is 3.25. The van der Waals surface area contributed by atoms with E-state index in [4.69, 9.17) is 5.73 Å². The molecule has 1 aliphatic rings. The fourth-order valence-corrected chi connectivity index (χ4v) is 4.07. The number of hydrogen-bond donors (Lipinski definition) is 2. The molecule has 0 bridgehead atoms. The van der Waals surface area contributed by atoms with Crippen molar-refractivity contribution >= 4 is 10.2 Å². The molecule has 1 aromatic carbocycles. The van der Waals surface area contributed by atoms with Crippen LogP contribution in [0.5, 0.6) is 0 Å². The molecule has 1 aromatic rings. The molecule has 6 heteroatoms. The summed E-state index contributed by atoms with van der Waals surface area (Å²) in [4.78, 5) is 0. The van der Waals surface area contributed by atoms with E-state index in [-0.39, 0.29) is 6.04 Å². The van der Waals surface area contributed by atoms with Crippen molar-refractivity contribution in [1.82, 2.24) is 9.03 Å². The number of benzene rings is 1. The van der Waals surface area contributed by atoms with Crippen molar-refractivity contribution in [2.24, 2.45) is 5.73 Å². The average molecular weight is 297 g/mol. The van der Waals surface area contributed by atoms with Crippen LogP contribution in [0.15, 0.2) is 24.3 Å². The van der Waals surface area contributed by atoms with Gasteiger partial charge in [0.15, 0.2) is 0 Å². The van der Waals surface area contributed by atoms with E-state index in [1.807, 2.05) is 31.2 Å².